The largest absolute Gasteiger partial charge is 0.489 e. The van der Waals surface area contributed by atoms with Crippen molar-refractivity contribution in [2.45, 2.75) is 24.9 Å². The maximum absolute atomic E-state index is 11.8. The molecule has 0 amide bonds. The third-order valence-corrected chi connectivity index (χ3v) is 5.51. The van der Waals surface area contributed by atoms with Gasteiger partial charge in [0.05, 0.1) is 48.8 Å². The predicted octanol–water partition coefficient (Wildman–Crippen LogP) is 2.25. The van der Waals surface area contributed by atoms with Crippen LogP contribution >= 0.6 is 0 Å². The van der Waals surface area contributed by atoms with Crippen LogP contribution in [-0.2, 0) is 9.47 Å². The second-order valence-corrected chi connectivity index (χ2v) is 7.93. The quantitative estimate of drug-likeness (QED) is 0.300. The summed E-state index contributed by atoms with van der Waals surface area (Å²) in [7, 11) is 2.63. The van der Waals surface area contributed by atoms with Gasteiger partial charge in [0.1, 0.15) is 36.1 Å². The lowest BCUT2D eigenvalue weighted by molar-refractivity contribution is 0.0591. The van der Waals surface area contributed by atoms with Crippen molar-refractivity contribution >= 4 is 34.7 Å². The van der Waals surface area contributed by atoms with Gasteiger partial charge >= 0.3 is 11.9 Å². The molecule has 178 valence electrons. The summed E-state index contributed by atoms with van der Waals surface area (Å²) in [5.41, 5.74) is 15.0. The molecule has 2 atom stereocenters. The lowest BCUT2D eigenvalue weighted by Crippen LogP contribution is -2.32. The molecule has 0 saturated heterocycles. The van der Waals surface area contributed by atoms with Gasteiger partial charge in [0.25, 0.3) is 0 Å². The highest BCUT2D eigenvalue weighted by Gasteiger charge is 2.24. The summed E-state index contributed by atoms with van der Waals surface area (Å²) in [6, 6.07) is 6.24. The Morgan fingerprint density at radius 2 is 1.26 bits per heavy atom. The number of benzene rings is 2. The van der Waals surface area contributed by atoms with Crippen LogP contribution in [0.4, 0.5) is 22.7 Å². The lowest BCUT2D eigenvalue weighted by atomic mass is 10.1. The Bertz CT molecular complexity index is 1100. The zero-order valence-electron chi connectivity index (χ0n) is 18.9. The average molecular weight is 466 g/mol. The summed E-state index contributed by atoms with van der Waals surface area (Å²) >= 11 is 0. The van der Waals surface area contributed by atoms with Gasteiger partial charge in [-0.05, 0) is 24.3 Å². The number of rotatable bonds is 4. The second-order valence-electron chi connectivity index (χ2n) is 7.93. The van der Waals surface area contributed by atoms with Crippen LogP contribution in [0.5, 0.6) is 11.5 Å². The van der Waals surface area contributed by atoms with Crippen LogP contribution in [0.1, 0.15) is 33.6 Å². The number of nitrogens with one attached hydrogen (secondary N) is 2. The fraction of sp³-hybridized carbons (Fsp3) is 0.333. The number of fused-ring (bicyclic) bond motifs is 2. The Morgan fingerprint density at radius 1 is 0.853 bits per heavy atom. The van der Waals surface area contributed by atoms with E-state index in [1.165, 1.54) is 14.2 Å². The summed E-state index contributed by atoms with van der Waals surface area (Å²) in [6.07, 6.45) is 1.10. The number of nitrogens with two attached hydrogens (primary N) is 2. The molecule has 10 heteroatoms. The van der Waals surface area contributed by atoms with E-state index in [4.69, 9.17) is 30.4 Å². The number of methoxy groups -OCH3 is 2. The van der Waals surface area contributed by atoms with Crippen LogP contribution in [0.3, 0.4) is 0 Å². The van der Waals surface area contributed by atoms with Crippen molar-refractivity contribution in [2.75, 3.05) is 49.5 Å². The molecule has 0 aliphatic carbocycles. The van der Waals surface area contributed by atoms with E-state index in [0.29, 0.717) is 71.4 Å². The summed E-state index contributed by atoms with van der Waals surface area (Å²) in [5, 5.41) is 6.66. The minimum atomic E-state index is -0.473. The second kappa shape index (κ2) is 9.70. The summed E-state index contributed by atoms with van der Waals surface area (Å²) in [6.45, 7) is 0.784. The third kappa shape index (κ3) is 4.73. The van der Waals surface area contributed by atoms with Gasteiger partial charge in [-0.3, -0.25) is 0 Å². The zero-order chi connectivity index (χ0) is 24.2. The molecule has 34 heavy (non-hydrogen) atoms. The summed E-state index contributed by atoms with van der Waals surface area (Å²) < 4.78 is 21.0. The summed E-state index contributed by atoms with van der Waals surface area (Å²) in [5.74, 6) is 6.41. The normalized spacial score (nSPS) is 17.7. The van der Waals surface area contributed by atoms with Crippen LogP contribution in [0.15, 0.2) is 24.3 Å². The molecule has 2 aromatic rings. The molecule has 0 aromatic heterocycles. The molecule has 4 rings (SSSR count). The fourth-order valence-electron chi connectivity index (χ4n) is 3.77. The number of hydrogen-bond acceptors (Lipinski definition) is 10. The Morgan fingerprint density at radius 3 is 1.65 bits per heavy atom. The van der Waals surface area contributed by atoms with Gasteiger partial charge in [-0.15, -0.1) is 11.8 Å². The molecule has 0 saturated carbocycles. The van der Waals surface area contributed by atoms with Gasteiger partial charge < -0.3 is 41.0 Å². The minimum Gasteiger partial charge on any atom is -0.489 e. The van der Waals surface area contributed by atoms with E-state index in [1.807, 2.05) is 0 Å². The molecule has 0 radical (unpaired) electrons. The Balaban J connectivity index is 1.33. The minimum absolute atomic E-state index is 0.0463. The van der Waals surface area contributed by atoms with Crippen molar-refractivity contribution in [1.82, 2.24) is 0 Å². The van der Waals surface area contributed by atoms with Crippen LogP contribution in [0, 0.1) is 11.8 Å². The average Bonchev–Trinajstić information content (AvgIpc) is 2.85. The predicted molar refractivity (Wildman–Crippen MR) is 127 cm³/mol. The molecule has 0 fully saturated rings. The van der Waals surface area contributed by atoms with E-state index in [2.05, 4.69) is 22.5 Å². The number of nitrogen functional groups attached to an aromatic ring is 2. The topological polar surface area (TPSA) is 147 Å². The van der Waals surface area contributed by atoms with Crippen LogP contribution in [0.2, 0.25) is 0 Å². The molecule has 0 bridgehead atoms. The first-order valence-corrected chi connectivity index (χ1v) is 10.7. The Kier molecular flexibility index (Phi) is 6.54. The lowest BCUT2D eigenvalue weighted by Gasteiger charge is -2.28. The van der Waals surface area contributed by atoms with Gasteiger partial charge in [-0.2, -0.15) is 0 Å². The van der Waals surface area contributed by atoms with Crippen LogP contribution in [-0.4, -0.2) is 51.5 Å². The van der Waals surface area contributed by atoms with Gasteiger partial charge in [0, 0.05) is 12.8 Å². The monoisotopic (exact) mass is 466 g/mol. The third-order valence-electron chi connectivity index (χ3n) is 5.51. The molecule has 0 unspecified atom stereocenters. The standard InChI is InChI=1S/C24H26N4O6/c1-31-23(29)13-7-17(25)21-19(9-13)33-11-15(27-21)5-3-4-6-16-12-34-20-10-14(24(30)32-2)8-18(26)22(20)28-16/h7-10,15-16,27-28H,5-6,11-12,25-26H2,1-2H3/t15-,16-/m0/s1. The van der Waals surface area contributed by atoms with Crippen molar-refractivity contribution in [3.8, 4) is 23.3 Å². The number of carbonyl (C=O) groups is 2. The number of ether oxygens (including phenoxy) is 4. The zero-order valence-corrected chi connectivity index (χ0v) is 18.9. The highest BCUT2D eigenvalue weighted by Crippen LogP contribution is 2.37. The Hall–Kier alpha value is -4.26. The van der Waals surface area contributed by atoms with E-state index in [-0.39, 0.29) is 12.1 Å². The van der Waals surface area contributed by atoms with Crippen molar-refractivity contribution in [2.24, 2.45) is 0 Å². The number of hydrogen-bond donors (Lipinski definition) is 4. The van der Waals surface area contributed by atoms with Crippen molar-refractivity contribution < 1.29 is 28.5 Å². The van der Waals surface area contributed by atoms with E-state index in [0.717, 1.165) is 0 Å². The molecular weight excluding hydrogens is 440 g/mol. The van der Waals surface area contributed by atoms with E-state index in [1.54, 1.807) is 24.3 Å². The van der Waals surface area contributed by atoms with Crippen molar-refractivity contribution in [1.29, 1.82) is 0 Å². The maximum Gasteiger partial charge on any atom is 0.338 e. The molecule has 10 nitrogen and oxygen atoms in total. The molecular formula is C24H26N4O6. The van der Waals surface area contributed by atoms with E-state index in [9.17, 15) is 9.59 Å². The first-order valence-electron chi connectivity index (χ1n) is 10.7. The molecule has 0 spiro atoms. The fourth-order valence-corrected chi connectivity index (χ4v) is 3.77. The number of anilines is 4. The first kappa shape index (κ1) is 22.9. The maximum atomic E-state index is 11.8. The van der Waals surface area contributed by atoms with Crippen molar-refractivity contribution in [3.63, 3.8) is 0 Å². The van der Waals surface area contributed by atoms with Crippen LogP contribution in [0.25, 0.3) is 0 Å². The van der Waals surface area contributed by atoms with Gasteiger partial charge in [0.2, 0.25) is 0 Å². The van der Waals surface area contributed by atoms with Crippen molar-refractivity contribution in [3.05, 3.63) is 35.4 Å². The SMILES string of the molecule is COC(=O)c1cc(N)c2c(c1)OC[C@H](CC#CC[C@H]1COc3cc(C(=O)OC)cc(N)c3N1)N2. The van der Waals surface area contributed by atoms with Gasteiger partial charge in [0.15, 0.2) is 0 Å². The number of carbonyl (C=O) groups excluding carboxylic acids is 2. The Labute approximate surface area is 196 Å². The molecule has 2 aromatic carbocycles. The molecule has 2 heterocycles. The van der Waals surface area contributed by atoms with Crippen LogP contribution < -0.4 is 31.6 Å². The molecule has 2 aliphatic rings. The molecule has 2 aliphatic heterocycles. The molecule has 6 N–H and O–H groups in total. The highest BCUT2D eigenvalue weighted by atomic mass is 16.5. The first-order chi connectivity index (χ1) is 16.4. The van der Waals surface area contributed by atoms with E-state index >= 15 is 0 Å². The van der Waals surface area contributed by atoms with Gasteiger partial charge in [-0.1, -0.05) is 0 Å². The highest BCUT2D eigenvalue weighted by molar-refractivity contribution is 5.94. The smallest absolute Gasteiger partial charge is 0.338 e. The van der Waals surface area contributed by atoms with Gasteiger partial charge in [-0.25, -0.2) is 9.59 Å². The van der Waals surface area contributed by atoms with E-state index < -0.39 is 11.9 Å². The summed E-state index contributed by atoms with van der Waals surface area (Å²) in [4.78, 5) is 23.5. The number of esters is 2.